The molecule has 0 aliphatic carbocycles. The van der Waals surface area contributed by atoms with Crippen LogP contribution in [0, 0.1) is 19.8 Å². The van der Waals surface area contributed by atoms with Crippen LogP contribution in [-0.2, 0) is 14.1 Å². The van der Waals surface area contributed by atoms with Gasteiger partial charge in [-0.3, -0.25) is 19.6 Å². The Morgan fingerprint density at radius 3 is 1.80 bits per heavy atom. The number of rotatable bonds is 8. The van der Waals surface area contributed by atoms with E-state index in [9.17, 15) is 14.4 Å². The van der Waals surface area contributed by atoms with E-state index >= 15 is 0 Å². The number of halogens is 1. The maximum Gasteiger partial charge on any atom is 0.404 e. The van der Waals surface area contributed by atoms with Crippen LogP contribution >= 0.6 is 11.6 Å². The molecule has 0 radical (unpaired) electrons. The SMILES string of the molecule is COc1cc2c3ccnc(C)c3c(=O)n(C)c2cc1Cl.COc1cc2c3ccnc(C)c3c(=O)n(C)c2cc1OCC(CC(C)C)NC(=O)O. The Bertz CT molecular complexity index is 2390. The standard InChI is InChI=1S/C22H27N3O5.C15H13ClN2O2/c1-12(2)8-14(24-22(27)28)11-30-19-10-17-16(9-18(19)29-5)15-6-7-23-13(3)20(15)21(26)25(17)4;1-8-14-9(4-5-17-8)10-6-13(20-3)11(16)7-12(10)18(2)15(14)19/h6-7,9-10,12,14,24H,8,11H2,1-5H3,(H,27,28);4-7H,1-3H3. The number of nitrogens with zero attached hydrogens (tertiary/aromatic N) is 4. The average molecular weight is 702 g/mol. The van der Waals surface area contributed by atoms with Crippen molar-refractivity contribution in [2.75, 3.05) is 20.8 Å². The summed E-state index contributed by atoms with van der Waals surface area (Å²) < 4.78 is 19.9. The van der Waals surface area contributed by atoms with Crippen molar-refractivity contribution in [1.82, 2.24) is 24.4 Å². The minimum atomic E-state index is -1.09. The smallest absolute Gasteiger partial charge is 0.404 e. The predicted octanol–water partition coefficient (Wildman–Crippen LogP) is 6.52. The molecular weight excluding hydrogens is 662 g/mol. The first-order chi connectivity index (χ1) is 23.8. The molecule has 0 saturated heterocycles. The van der Waals surface area contributed by atoms with E-state index in [1.54, 1.807) is 62.0 Å². The van der Waals surface area contributed by atoms with Gasteiger partial charge in [-0.15, -0.1) is 0 Å². The Morgan fingerprint density at radius 1 is 0.820 bits per heavy atom. The summed E-state index contributed by atoms with van der Waals surface area (Å²) in [4.78, 5) is 44.9. The Labute approximate surface area is 293 Å². The molecule has 12 nitrogen and oxygen atoms in total. The first kappa shape index (κ1) is 35.9. The molecule has 4 aromatic heterocycles. The molecule has 4 heterocycles. The normalized spacial score (nSPS) is 11.9. The van der Waals surface area contributed by atoms with Gasteiger partial charge in [0.2, 0.25) is 0 Å². The maximum absolute atomic E-state index is 12.9. The Morgan fingerprint density at radius 2 is 1.32 bits per heavy atom. The lowest BCUT2D eigenvalue weighted by Gasteiger charge is -2.21. The number of carbonyl (C=O) groups is 1. The molecule has 0 aliphatic rings. The highest BCUT2D eigenvalue weighted by atomic mass is 35.5. The van der Waals surface area contributed by atoms with Crippen molar-refractivity contribution < 1.29 is 24.1 Å². The lowest BCUT2D eigenvalue weighted by atomic mass is 10.0. The highest BCUT2D eigenvalue weighted by Crippen LogP contribution is 2.36. The zero-order valence-electron chi connectivity index (χ0n) is 29.3. The van der Waals surface area contributed by atoms with E-state index in [-0.39, 0.29) is 23.8 Å². The number of benzene rings is 2. The molecule has 1 atom stereocenters. The third kappa shape index (κ3) is 6.88. The van der Waals surface area contributed by atoms with Crippen LogP contribution in [0.3, 0.4) is 0 Å². The van der Waals surface area contributed by atoms with E-state index in [2.05, 4.69) is 15.3 Å². The number of aromatic nitrogens is 4. The fourth-order valence-electron chi connectivity index (χ4n) is 6.29. The van der Waals surface area contributed by atoms with Crippen molar-refractivity contribution in [2.24, 2.45) is 20.0 Å². The zero-order valence-corrected chi connectivity index (χ0v) is 30.0. The second-order valence-corrected chi connectivity index (χ2v) is 12.9. The topological polar surface area (TPSA) is 147 Å². The molecule has 6 aromatic rings. The molecule has 1 amide bonds. The maximum atomic E-state index is 12.9. The Hall–Kier alpha value is -5.36. The molecule has 6 rings (SSSR count). The largest absolute Gasteiger partial charge is 0.495 e. The fraction of sp³-hybridized carbons (Fsp3) is 0.324. The summed E-state index contributed by atoms with van der Waals surface area (Å²) in [6, 6.07) is 10.5. The number of ether oxygens (including phenoxy) is 3. The summed E-state index contributed by atoms with van der Waals surface area (Å²) in [5.41, 5.74) is 2.66. The molecule has 13 heteroatoms. The minimum Gasteiger partial charge on any atom is -0.495 e. The number of methoxy groups -OCH3 is 2. The van der Waals surface area contributed by atoms with Crippen LogP contribution in [0.1, 0.15) is 31.7 Å². The van der Waals surface area contributed by atoms with E-state index in [0.29, 0.717) is 56.6 Å². The lowest BCUT2D eigenvalue weighted by molar-refractivity contribution is 0.175. The van der Waals surface area contributed by atoms with Crippen LogP contribution < -0.4 is 30.6 Å². The third-order valence-corrected chi connectivity index (χ3v) is 8.99. The van der Waals surface area contributed by atoms with Crippen molar-refractivity contribution in [3.05, 3.63) is 85.9 Å². The lowest BCUT2D eigenvalue weighted by Crippen LogP contribution is -2.39. The molecule has 0 spiro atoms. The van der Waals surface area contributed by atoms with Crippen molar-refractivity contribution in [3.8, 4) is 17.2 Å². The van der Waals surface area contributed by atoms with Crippen LogP contribution in [0.15, 0.2) is 58.4 Å². The second kappa shape index (κ2) is 14.6. The number of hydrogen-bond acceptors (Lipinski definition) is 8. The van der Waals surface area contributed by atoms with E-state index in [1.807, 2.05) is 52.0 Å². The Balaban J connectivity index is 0.000000210. The number of fused-ring (bicyclic) bond motifs is 6. The molecule has 0 bridgehead atoms. The summed E-state index contributed by atoms with van der Waals surface area (Å²) in [6.07, 6.45) is 2.93. The van der Waals surface area contributed by atoms with Crippen molar-refractivity contribution in [2.45, 2.75) is 40.2 Å². The highest BCUT2D eigenvalue weighted by molar-refractivity contribution is 6.33. The molecule has 0 saturated carbocycles. The summed E-state index contributed by atoms with van der Waals surface area (Å²) in [6.45, 7) is 7.84. The number of amides is 1. The average Bonchev–Trinajstić information content (AvgIpc) is 3.07. The molecule has 2 aromatic carbocycles. The van der Waals surface area contributed by atoms with Gasteiger partial charge >= 0.3 is 6.09 Å². The first-order valence-corrected chi connectivity index (χ1v) is 16.3. The summed E-state index contributed by atoms with van der Waals surface area (Å²) in [5, 5.41) is 16.7. The minimum absolute atomic E-state index is 0.0701. The number of aryl methyl sites for hydroxylation is 4. The van der Waals surface area contributed by atoms with Gasteiger partial charge in [0, 0.05) is 54.1 Å². The van der Waals surface area contributed by atoms with Crippen molar-refractivity contribution >= 4 is 61.0 Å². The van der Waals surface area contributed by atoms with Gasteiger partial charge in [0.1, 0.15) is 12.4 Å². The highest BCUT2D eigenvalue weighted by Gasteiger charge is 2.19. The van der Waals surface area contributed by atoms with E-state index < -0.39 is 6.09 Å². The predicted molar refractivity (Wildman–Crippen MR) is 196 cm³/mol. The monoisotopic (exact) mass is 701 g/mol. The molecular formula is C37H40ClN5O7. The van der Waals surface area contributed by atoms with E-state index in [1.165, 1.54) is 0 Å². The van der Waals surface area contributed by atoms with Crippen LogP contribution in [0.5, 0.6) is 17.2 Å². The molecule has 262 valence electrons. The number of hydrogen-bond donors (Lipinski definition) is 2. The van der Waals surface area contributed by atoms with Gasteiger partial charge in [-0.1, -0.05) is 25.4 Å². The van der Waals surface area contributed by atoms with Gasteiger partial charge in [-0.25, -0.2) is 4.79 Å². The van der Waals surface area contributed by atoms with Gasteiger partial charge in [-0.2, -0.15) is 0 Å². The summed E-state index contributed by atoms with van der Waals surface area (Å²) in [7, 11) is 6.57. The van der Waals surface area contributed by atoms with Crippen LogP contribution in [0.4, 0.5) is 4.79 Å². The van der Waals surface area contributed by atoms with Crippen molar-refractivity contribution in [1.29, 1.82) is 0 Å². The first-order valence-electron chi connectivity index (χ1n) is 16.0. The molecule has 2 N–H and O–H groups in total. The van der Waals surface area contributed by atoms with Crippen molar-refractivity contribution in [3.63, 3.8) is 0 Å². The van der Waals surface area contributed by atoms with E-state index in [4.69, 9.17) is 30.9 Å². The number of pyridine rings is 4. The summed E-state index contributed by atoms with van der Waals surface area (Å²) in [5.74, 6) is 1.85. The van der Waals surface area contributed by atoms with Crippen LogP contribution in [0.2, 0.25) is 5.02 Å². The van der Waals surface area contributed by atoms with Gasteiger partial charge in [0.05, 0.1) is 58.5 Å². The third-order valence-electron chi connectivity index (χ3n) is 8.70. The van der Waals surface area contributed by atoms with Gasteiger partial charge < -0.3 is 33.8 Å². The van der Waals surface area contributed by atoms with Crippen LogP contribution in [0.25, 0.3) is 43.4 Å². The van der Waals surface area contributed by atoms with Gasteiger partial charge in [0.15, 0.2) is 11.5 Å². The molecule has 0 aliphatic heterocycles. The van der Waals surface area contributed by atoms with Gasteiger partial charge in [-0.05, 0) is 56.5 Å². The van der Waals surface area contributed by atoms with Gasteiger partial charge in [0.25, 0.3) is 11.1 Å². The second-order valence-electron chi connectivity index (χ2n) is 12.5. The molecule has 50 heavy (non-hydrogen) atoms. The fourth-order valence-corrected chi connectivity index (χ4v) is 6.52. The number of carboxylic acid groups (broad SMARTS) is 1. The quantitative estimate of drug-likeness (QED) is 0.169. The molecule has 1 unspecified atom stereocenters. The summed E-state index contributed by atoms with van der Waals surface area (Å²) >= 11 is 6.16. The Kier molecular flexibility index (Phi) is 10.5. The van der Waals surface area contributed by atoms with Crippen LogP contribution in [-0.4, -0.2) is 57.2 Å². The van der Waals surface area contributed by atoms with E-state index in [0.717, 1.165) is 32.8 Å². The number of nitrogens with one attached hydrogen (secondary N) is 1. The zero-order chi connectivity index (χ0) is 36.4. The molecule has 0 fully saturated rings.